The molecule has 3 nitrogen and oxygen atoms in total. The average Bonchev–Trinajstić information content (AvgIpc) is 2.53. The molecule has 0 radical (unpaired) electrons. The molecule has 0 aromatic heterocycles. The molecule has 0 bridgehead atoms. The van der Waals surface area contributed by atoms with Crippen molar-refractivity contribution in [1.82, 2.24) is 10.2 Å². The van der Waals surface area contributed by atoms with Gasteiger partial charge in [-0.25, -0.2) is 0 Å². The number of hydrogen-bond acceptors (Lipinski definition) is 3. The van der Waals surface area contributed by atoms with Crippen molar-refractivity contribution < 1.29 is 4.74 Å². The zero-order chi connectivity index (χ0) is 12.5. The van der Waals surface area contributed by atoms with E-state index in [2.05, 4.69) is 38.0 Å². The first-order chi connectivity index (χ1) is 8.03. The molecular formula is C14H28N2O. The van der Waals surface area contributed by atoms with E-state index in [1.807, 2.05) is 0 Å². The van der Waals surface area contributed by atoms with Gasteiger partial charge in [0.1, 0.15) is 0 Å². The van der Waals surface area contributed by atoms with E-state index in [4.69, 9.17) is 4.74 Å². The normalized spacial score (nSPS) is 38.5. The van der Waals surface area contributed by atoms with Crippen molar-refractivity contribution in [2.45, 2.75) is 45.8 Å². The lowest BCUT2D eigenvalue weighted by atomic mass is 9.85. The van der Waals surface area contributed by atoms with Crippen LogP contribution in [0.25, 0.3) is 0 Å². The molecule has 17 heavy (non-hydrogen) atoms. The topological polar surface area (TPSA) is 24.5 Å². The van der Waals surface area contributed by atoms with Crippen molar-refractivity contribution >= 4 is 0 Å². The third kappa shape index (κ3) is 3.01. The van der Waals surface area contributed by atoms with Crippen LogP contribution in [0, 0.1) is 11.3 Å². The van der Waals surface area contributed by atoms with Crippen LogP contribution in [0.3, 0.4) is 0 Å². The molecule has 0 amide bonds. The minimum absolute atomic E-state index is 0.409. The SMILES string of the molecule is CNC1C(CN2CCOC(C)C2)CCC1(C)C. The summed E-state index contributed by atoms with van der Waals surface area (Å²) in [7, 11) is 2.12. The lowest BCUT2D eigenvalue weighted by molar-refractivity contribution is -0.0245. The van der Waals surface area contributed by atoms with E-state index < -0.39 is 0 Å². The lowest BCUT2D eigenvalue weighted by Gasteiger charge is -2.36. The minimum Gasteiger partial charge on any atom is -0.376 e. The Bertz CT molecular complexity index is 255. The molecule has 3 heteroatoms. The molecule has 1 aliphatic heterocycles. The fourth-order valence-corrected chi connectivity index (χ4v) is 3.73. The summed E-state index contributed by atoms with van der Waals surface area (Å²) in [6.45, 7) is 11.3. The van der Waals surface area contributed by atoms with Gasteiger partial charge in [-0.3, -0.25) is 4.90 Å². The summed E-state index contributed by atoms with van der Waals surface area (Å²) in [5.41, 5.74) is 0.456. The Morgan fingerprint density at radius 3 is 2.82 bits per heavy atom. The van der Waals surface area contributed by atoms with Crippen molar-refractivity contribution in [2.75, 3.05) is 33.3 Å². The third-order valence-corrected chi connectivity index (χ3v) is 4.60. The van der Waals surface area contributed by atoms with Crippen LogP contribution in [0.1, 0.15) is 33.6 Å². The van der Waals surface area contributed by atoms with E-state index in [-0.39, 0.29) is 0 Å². The molecule has 3 unspecified atom stereocenters. The number of morpholine rings is 1. The predicted octanol–water partition coefficient (Wildman–Crippen LogP) is 1.73. The van der Waals surface area contributed by atoms with Crippen LogP contribution in [0.15, 0.2) is 0 Å². The molecule has 100 valence electrons. The van der Waals surface area contributed by atoms with Crippen LogP contribution in [0.5, 0.6) is 0 Å². The second-order valence-electron chi connectivity index (χ2n) is 6.49. The highest BCUT2D eigenvalue weighted by Gasteiger charge is 2.41. The maximum Gasteiger partial charge on any atom is 0.0674 e. The fraction of sp³-hybridized carbons (Fsp3) is 1.00. The largest absolute Gasteiger partial charge is 0.376 e. The van der Waals surface area contributed by atoms with Gasteiger partial charge in [0.05, 0.1) is 12.7 Å². The second kappa shape index (κ2) is 5.25. The molecule has 2 fully saturated rings. The van der Waals surface area contributed by atoms with Gasteiger partial charge in [0.15, 0.2) is 0 Å². The standard InChI is InChI=1S/C14H28N2O/c1-11-9-16(7-8-17-11)10-12-5-6-14(2,3)13(12)15-4/h11-13,15H,5-10H2,1-4H3. The van der Waals surface area contributed by atoms with Crippen molar-refractivity contribution in [1.29, 1.82) is 0 Å². The van der Waals surface area contributed by atoms with E-state index in [0.717, 1.165) is 25.6 Å². The van der Waals surface area contributed by atoms with E-state index in [9.17, 15) is 0 Å². The maximum absolute atomic E-state index is 5.61. The van der Waals surface area contributed by atoms with Gasteiger partial charge < -0.3 is 10.1 Å². The van der Waals surface area contributed by atoms with E-state index >= 15 is 0 Å². The van der Waals surface area contributed by atoms with Crippen molar-refractivity contribution in [3.05, 3.63) is 0 Å². The zero-order valence-electron chi connectivity index (χ0n) is 11.8. The van der Waals surface area contributed by atoms with E-state index in [1.54, 1.807) is 0 Å². The van der Waals surface area contributed by atoms with Crippen LogP contribution in [0.2, 0.25) is 0 Å². The van der Waals surface area contributed by atoms with Gasteiger partial charge in [0.25, 0.3) is 0 Å². The Balaban J connectivity index is 1.90. The Labute approximate surface area is 106 Å². The van der Waals surface area contributed by atoms with Crippen LogP contribution in [-0.4, -0.2) is 50.3 Å². The number of hydrogen-bond donors (Lipinski definition) is 1. The smallest absolute Gasteiger partial charge is 0.0674 e. The van der Waals surface area contributed by atoms with E-state index in [1.165, 1.54) is 19.4 Å². The first-order valence-electron chi connectivity index (χ1n) is 7.04. The molecule has 2 aliphatic rings. The van der Waals surface area contributed by atoms with Crippen molar-refractivity contribution in [3.8, 4) is 0 Å². The molecule has 1 N–H and O–H groups in total. The summed E-state index contributed by atoms with van der Waals surface area (Å²) in [5.74, 6) is 0.806. The Kier molecular flexibility index (Phi) is 4.11. The predicted molar refractivity (Wildman–Crippen MR) is 71.2 cm³/mol. The van der Waals surface area contributed by atoms with Gasteiger partial charge in [-0.15, -0.1) is 0 Å². The minimum atomic E-state index is 0.409. The number of nitrogens with zero attached hydrogens (tertiary/aromatic N) is 1. The van der Waals surface area contributed by atoms with Gasteiger partial charge in [-0.2, -0.15) is 0 Å². The number of ether oxygens (including phenoxy) is 1. The zero-order valence-corrected chi connectivity index (χ0v) is 11.8. The molecular weight excluding hydrogens is 212 g/mol. The average molecular weight is 240 g/mol. The highest BCUT2D eigenvalue weighted by molar-refractivity contribution is 4.96. The summed E-state index contributed by atoms with van der Waals surface area (Å²) in [5, 5.41) is 3.55. The quantitative estimate of drug-likeness (QED) is 0.813. The first kappa shape index (κ1) is 13.3. The molecule has 1 saturated carbocycles. The molecule has 2 rings (SSSR count). The Hall–Kier alpha value is -0.120. The van der Waals surface area contributed by atoms with E-state index in [0.29, 0.717) is 17.6 Å². The monoisotopic (exact) mass is 240 g/mol. The Morgan fingerprint density at radius 1 is 1.41 bits per heavy atom. The lowest BCUT2D eigenvalue weighted by Crippen LogP contribution is -2.48. The summed E-state index contributed by atoms with van der Waals surface area (Å²) < 4.78 is 5.61. The molecule has 3 atom stereocenters. The first-order valence-corrected chi connectivity index (χ1v) is 7.04. The number of nitrogens with one attached hydrogen (secondary N) is 1. The second-order valence-corrected chi connectivity index (χ2v) is 6.49. The van der Waals surface area contributed by atoms with Crippen molar-refractivity contribution in [3.63, 3.8) is 0 Å². The van der Waals surface area contributed by atoms with Crippen LogP contribution in [0.4, 0.5) is 0 Å². The summed E-state index contributed by atoms with van der Waals surface area (Å²) in [6.07, 6.45) is 3.12. The summed E-state index contributed by atoms with van der Waals surface area (Å²) in [6, 6.07) is 0.667. The summed E-state index contributed by atoms with van der Waals surface area (Å²) >= 11 is 0. The van der Waals surface area contributed by atoms with Gasteiger partial charge >= 0.3 is 0 Å². The molecule has 1 aliphatic carbocycles. The van der Waals surface area contributed by atoms with Crippen LogP contribution in [-0.2, 0) is 4.74 Å². The number of rotatable bonds is 3. The van der Waals surface area contributed by atoms with Crippen LogP contribution >= 0.6 is 0 Å². The molecule has 0 spiro atoms. The highest BCUT2D eigenvalue weighted by atomic mass is 16.5. The van der Waals surface area contributed by atoms with Gasteiger partial charge in [-0.1, -0.05) is 13.8 Å². The van der Waals surface area contributed by atoms with Gasteiger partial charge in [0.2, 0.25) is 0 Å². The molecule has 1 heterocycles. The molecule has 0 aromatic carbocycles. The van der Waals surface area contributed by atoms with Crippen molar-refractivity contribution in [2.24, 2.45) is 11.3 Å². The van der Waals surface area contributed by atoms with Crippen LogP contribution < -0.4 is 5.32 Å². The Morgan fingerprint density at radius 2 is 2.18 bits per heavy atom. The highest BCUT2D eigenvalue weighted by Crippen LogP contribution is 2.41. The third-order valence-electron chi connectivity index (χ3n) is 4.60. The fourth-order valence-electron chi connectivity index (χ4n) is 3.73. The molecule has 1 saturated heterocycles. The maximum atomic E-state index is 5.61. The van der Waals surface area contributed by atoms with Gasteiger partial charge in [0, 0.05) is 25.7 Å². The summed E-state index contributed by atoms with van der Waals surface area (Å²) in [4.78, 5) is 2.59. The van der Waals surface area contributed by atoms with Gasteiger partial charge in [-0.05, 0) is 38.1 Å². The molecule has 0 aromatic rings.